The van der Waals surface area contributed by atoms with Crippen molar-refractivity contribution in [1.82, 2.24) is 5.16 Å². The van der Waals surface area contributed by atoms with Gasteiger partial charge in [0, 0.05) is 14.5 Å². The first-order chi connectivity index (χ1) is 10.1. The molecular formula is C16H12Br2N2O. The quantitative estimate of drug-likeness (QED) is 0.616. The molecule has 0 aliphatic heterocycles. The Balaban J connectivity index is 2.24. The minimum Gasteiger partial charge on any atom is -0.380 e. The van der Waals surface area contributed by atoms with Crippen LogP contribution in [0, 0.1) is 6.92 Å². The van der Waals surface area contributed by atoms with Crippen LogP contribution in [0.3, 0.4) is 0 Å². The van der Waals surface area contributed by atoms with Gasteiger partial charge in [0.2, 0.25) is 0 Å². The maximum atomic E-state index is 6.02. The first-order valence-electron chi connectivity index (χ1n) is 6.34. The van der Waals surface area contributed by atoms with Gasteiger partial charge >= 0.3 is 0 Å². The molecule has 0 saturated carbocycles. The number of nitrogens with two attached hydrogens (primary N) is 1. The predicted octanol–water partition coefficient (Wildman–Crippen LogP) is 5.42. The molecule has 3 nitrogen and oxygen atoms in total. The summed E-state index contributed by atoms with van der Waals surface area (Å²) in [6.45, 7) is 2.03. The van der Waals surface area contributed by atoms with Crippen LogP contribution < -0.4 is 5.73 Å². The summed E-state index contributed by atoms with van der Waals surface area (Å²) in [5, 5.41) is 3.94. The van der Waals surface area contributed by atoms with Crippen molar-refractivity contribution in [3.05, 3.63) is 57.0 Å². The molecule has 0 unspecified atom stereocenters. The van der Waals surface area contributed by atoms with E-state index >= 15 is 0 Å². The van der Waals surface area contributed by atoms with Crippen LogP contribution in [0.5, 0.6) is 0 Å². The van der Waals surface area contributed by atoms with E-state index < -0.39 is 0 Å². The maximum absolute atomic E-state index is 6.02. The van der Waals surface area contributed by atoms with Crippen molar-refractivity contribution in [2.24, 2.45) is 0 Å². The predicted molar refractivity (Wildman–Crippen MR) is 91.9 cm³/mol. The lowest BCUT2D eigenvalue weighted by Crippen LogP contribution is -1.90. The zero-order chi connectivity index (χ0) is 15.0. The van der Waals surface area contributed by atoms with Crippen LogP contribution in [0.4, 0.5) is 5.82 Å². The first kappa shape index (κ1) is 14.4. The van der Waals surface area contributed by atoms with E-state index in [-0.39, 0.29) is 0 Å². The lowest BCUT2D eigenvalue weighted by atomic mass is 9.99. The standard InChI is InChI=1S/C16H12Br2N2O/c1-9-5-6-12(18)8-13(9)15-14(16(19)20-21-15)10-3-2-4-11(17)7-10/h2-8H,1H3,(H2,19,20). The second-order valence-electron chi connectivity index (χ2n) is 4.74. The summed E-state index contributed by atoms with van der Waals surface area (Å²) in [5.41, 5.74) is 9.88. The Morgan fingerprint density at radius 2 is 1.81 bits per heavy atom. The number of aromatic nitrogens is 1. The summed E-state index contributed by atoms with van der Waals surface area (Å²) < 4.78 is 7.47. The SMILES string of the molecule is Cc1ccc(Br)cc1-c1onc(N)c1-c1cccc(Br)c1. The number of anilines is 1. The minimum atomic E-state index is 0.391. The minimum absolute atomic E-state index is 0.391. The van der Waals surface area contributed by atoms with Crippen LogP contribution in [-0.2, 0) is 0 Å². The second-order valence-corrected chi connectivity index (χ2v) is 6.57. The molecule has 0 amide bonds. The molecule has 5 heteroatoms. The summed E-state index contributed by atoms with van der Waals surface area (Å²) in [7, 11) is 0. The highest BCUT2D eigenvalue weighted by Gasteiger charge is 2.19. The molecular weight excluding hydrogens is 396 g/mol. The van der Waals surface area contributed by atoms with Crippen LogP contribution in [0.2, 0.25) is 0 Å². The molecule has 0 aliphatic rings. The lowest BCUT2D eigenvalue weighted by molar-refractivity contribution is 0.436. The van der Waals surface area contributed by atoms with Gasteiger partial charge in [-0.1, -0.05) is 55.2 Å². The van der Waals surface area contributed by atoms with E-state index in [0.29, 0.717) is 11.6 Å². The van der Waals surface area contributed by atoms with E-state index in [4.69, 9.17) is 10.3 Å². The average Bonchev–Trinajstić information content (AvgIpc) is 2.83. The summed E-state index contributed by atoms with van der Waals surface area (Å²) in [6, 6.07) is 14.0. The Hall–Kier alpha value is -1.59. The molecule has 1 aromatic heterocycles. The number of hydrogen-bond acceptors (Lipinski definition) is 3. The molecule has 3 rings (SSSR count). The number of hydrogen-bond donors (Lipinski definition) is 1. The van der Waals surface area contributed by atoms with Crippen molar-refractivity contribution < 1.29 is 4.52 Å². The normalized spacial score (nSPS) is 10.8. The number of nitrogen functional groups attached to an aromatic ring is 1. The van der Waals surface area contributed by atoms with Crippen molar-refractivity contribution in [2.75, 3.05) is 5.73 Å². The fourth-order valence-electron chi connectivity index (χ4n) is 2.25. The molecule has 0 aliphatic carbocycles. The molecule has 21 heavy (non-hydrogen) atoms. The highest BCUT2D eigenvalue weighted by atomic mass is 79.9. The molecule has 1 heterocycles. The van der Waals surface area contributed by atoms with Crippen molar-refractivity contribution in [2.45, 2.75) is 6.92 Å². The molecule has 0 radical (unpaired) electrons. The Bertz CT molecular complexity index is 812. The van der Waals surface area contributed by atoms with Crippen LogP contribution in [0.15, 0.2) is 55.9 Å². The Morgan fingerprint density at radius 3 is 2.57 bits per heavy atom. The smallest absolute Gasteiger partial charge is 0.177 e. The third-order valence-electron chi connectivity index (χ3n) is 3.28. The van der Waals surface area contributed by atoms with Crippen molar-refractivity contribution in [3.63, 3.8) is 0 Å². The number of rotatable bonds is 2. The van der Waals surface area contributed by atoms with Gasteiger partial charge in [-0.25, -0.2) is 0 Å². The number of nitrogens with zero attached hydrogens (tertiary/aromatic N) is 1. The van der Waals surface area contributed by atoms with Gasteiger partial charge < -0.3 is 10.3 Å². The number of benzene rings is 2. The lowest BCUT2D eigenvalue weighted by Gasteiger charge is -2.07. The number of aryl methyl sites for hydroxylation is 1. The topological polar surface area (TPSA) is 52.0 Å². The molecule has 0 bridgehead atoms. The highest BCUT2D eigenvalue weighted by Crippen LogP contribution is 2.39. The zero-order valence-corrected chi connectivity index (χ0v) is 14.4. The third kappa shape index (κ3) is 2.76. The fourth-order valence-corrected chi connectivity index (χ4v) is 3.01. The van der Waals surface area contributed by atoms with Gasteiger partial charge in [0.1, 0.15) is 0 Å². The molecule has 0 saturated heterocycles. The van der Waals surface area contributed by atoms with Gasteiger partial charge in [-0.05, 0) is 42.3 Å². The van der Waals surface area contributed by atoms with E-state index in [1.165, 1.54) is 0 Å². The summed E-state index contributed by atoms with van der Waals surface area (Å²) >= 11 is 6.97. The largest absolute Gasteiger partial charge is 0.380 e. The van der Waals surface area contributed by atoms with Crippen molar-refractivity contribution in [3.8, 4) is 22.5 Å². The van der Waals surface area contributed by atoms with E-state index in [0.717, 1.165) is 31.2 Å². The van der Waals surface area contributed by atoms with Gasteiger partial charge in [-0.15, -0.1) is 0 Å². The fraction of sp³-hybridized carbons (Fsp3) is 0.0625. The molecule has 3 aromatic rings. The second kappa shape index (κ2) is 5.66. The maximum Gasteiger partial charge on any atom is 0.177 e. The molecule has 2 N–H and O–H groups in total. The van der Waals surface area contributed by atoms with E-state index in [2.05, 4.69) is 37.0 Å². The van der Waals surface area contributed by atoms with Crippen LogP contribution in [0.25, 0.3) is 22.5 Å². The molecule has 0 spiro atoms. The Morgan fingerprint density at radius 1 is 1.05 bits per heavy atom. The van der Waals surface area contributed by atoms with Crippen LogP contribution in [-0.4, -0.2) is 5.16 Å². The van der Waals surface area contributed by atoms with E-state index in [1.807, 2.05) is 49.4 Å². The van der Waals surface area contributed by atoms with Crippen molar-refractivity contribution in [1.29, 1.82) is 0 Å². The third-order valence-corrected chi connectivity index (χ3v) is 4.26. The molecule has 106 valence electrons. The molecule has 2 aromatic carbocycles. The monoisotopic (exact) mass is 406 g/mol. The van der Waals surface area contributed by atoms with Crippen LogP contribution in [0.1, 0.15) is 5.56 Å². The van der Waals surface area contributed by atoms with E-state index in [1.54, 1.807) is 0 Å². The van der Waals surface area contributed by atoms with Crippen molar-refractivity contribution >= 4 is 37.7 Å². The van der Waals surface area contributed by atoms with Gasteiger partial charge in [0.15, 0.2) is 11.6 Å². The summed E-state index contributed by atoms with van der Waals surface area (Å²) in [6.07, 6.45) is 0. The van der Waals surface area contributed by atoms with E-state index in [9.17, 15) is 0 Å². The zero-order valence-electron chi connectivity index (χ0n) is 11.2. The molecule has 0 atom stereocenters. The Kier molecular flexibility index (Phi) is 3.87. The van der Waals surface area contributed by atoms with Gasteiger partial charge in [0.05, 0.1) is 5.56 Å². The summed E-state index contributed by atoms with van der Waals surface area (Å²) in [4.78, 5) is 0. The average molecular weight is 408 g/mol. The summed E-state index contributed by atoms with van der Waals surface area (Å²) in [5.74, 6) is 1.08. The number of halogens is 2. The molecule has 0 fully saturated rings. The van der Waals surface area contributed by atoms with Gasteiger partial charge in [-0.3, -0.25) is 0 Å². The van der Waals surface area contributed by atoms with Crippen LogP contribution >= 0.6 is 31.9 Å². The first-order valence-corrected chi connectivity index (χ1v) is 7.92. The van der Waals surface area contributed by atoms with Gasteiger partial charge in [0.25, 0.3) is 0 Å². The van der Waals surface area contributed by atoms with Gasteiger partial charge in [-0.2, -0.15) is 0 Å². The Labute approximate surface area is 139 Å². The highest BCUT2D eigenvalue weighted by molar-refractivity contribution is 9.10.